The van der Waals surface area contributed by atoms with Crippen LogP contribution in [0, 0.1) is 6.92 Å². The molecule has 0 atom stereocenters. The van der Waals surface area contributed by atoms with E-state index in [2.05, 4.69) is 10.2 Å². The van der Waals surface area contributed by atoms with Gasteiger partial charge in [0.15, 0.2) is 0 Å². The Bertz CT molecular complexity index is 990. The van der Waals surface area contributed by atoms with Crippen molar-refractivity contribution >= 4 is 38.9 Å². The highest BCUT2D eigenvalue weighted by atomic mass is 35.5. The van der Waals surface area contributed by atoms with Crippen molar-refractivity contribution in [3.63, 3.8) is 0 Å². The van der Waals surface area contributed by atoms with Crippen molar-refractivity contribution in [1.29, 1.82) is 0 Å². The molecule has 0 saturated carbocycles. The average Bonchev–Trinajstić information content (AvgIpc) is 2.75. The number of carbonyl (C=O) groups is 1. The molecule has 7 nitrogen and oxygen atoms in total. The van der Waals surface area contributed by atoms with E-state index < -0.39 is 15.9 Å². The van der Waals surface area contributed by atoms with Crippen molar-refractivity contribution in [2.45, 2.75) is 18.7 Å². The van der Waals surface area contributed by atoms with E-state index in [1.165, 1.54) is 6.07 Å². The van der Waals surface area contributed by atoms with Crippen LogP contribution in [-0.2, 0) is 19.6 Å². The summed E-state index contributed by atoms with van der Waals surface area (Å²) in [6.07, 6.45) is 0. The van der Waals surface area contributed by atoms with Gasteiger partial charge in [0.2, 0.25) is 15.9 Å². The van der Waals surface area contributed by atoms with Crippen LogP contribution in [0.2, 0.25) is 5.02 Å². The van der Waals surface area contributed by atoms with Crippen LogP contribution in [0.15, 0.2) is 47.4 Å². The molecule has 1 fully saturated rings. The minimum Gasteiger partial charge on any atom is -0.378 e. The Balaban J connectivity index is 1.67. The molecule has 1 amide bonds. The number of nitrogens with one attached hydrogen (secondary N) is 1. The Kier molecular flexibility index (Phi) is 7.36. The number of ether oxygens (including phenoxy) is 1. The summed E-state index contributed by atoms with van der Waals surface area (Å²) in [5.41, 5.74) is 2.15. The standard InChI is InChI=1S/C21H26ClN3O4S/c1-3-25(30(27,28)20-6-4-5-19(22)16(20)2)15-21(26)23-17-7-9-18(10-8-17)24-11-13-29-14-12-24/h4-10H,3,11-15H2,1-2H3,(H,23,26). The lowest BCUT2D eigenvalue weighted by Gasteiger charge is -2.29. The molecule has 0 spiro atoms. The fourth-order valence-corrected chi connectivity index (χ4v) is 5.19. The van der Waals surface area contributed by atoms with Crippen LogP contribution in [0.3, 0.4) is 0 Å². The number of likely N-dealkylation sites (N-methyl/N-ethyl adjacent to an activating group) is 1. The number of amides is 1. The number of halogens is 1. The van der Waals surface area contributed by atoms with Gasteiger partial charge in [0.25, 0.3) is 0 Å². The minimum absolute atomic E-state index is 0.111. The second kappa shape index (κ2) is 9.78. The molecule has 0 radical (unpaired) electrons. The number of hydrogen-bond donors (Lipinski definition) is 1. The monoisotopic (exact) mass is 451 g/mol. The number of nitrogens with zero attached hydrogens (tertiary/aromatic N) is 2. The summed E-state index contributed by atoms with van der Waals surface area (Å²) in [4.78, 5) is 14.9. The second-order valence-corrected chi connectivity index (χ2v) is 9.30. The molecule has 1 saturated heterocycles. The van der Waals surface area contributed by atoms with E-state index >= 15 is 0 Å². The molecular formula is C21H26ClN3O4S. The summed E-state index contributed by atoms with van der Waals surface area (Å²) in [5.74, 6) is -0.403. The number of sulfonamides is 1. The molecule has 162 valence electrons. The minimum atomic E-state index is -3.84. The Morgan fingerprint density at radius 3 is 2.47 bits per heavy atom. The molecule has 3 rings (SSSR count). The van der Waals surface area contributed by atoms with Crippen molar-refractivity contribution in [3.8, 4) is 0 Å². The highest BCUT2D eigenvalue weighted by Gasteiger charge is 2.27. The molecule has 2 aromatic carbocycles. The van der Waals surface area contributed by atoms with Crippen LogP contribution in [0.1, 0.15) is 12.5 Å². The van der Waals surface area contributed by atoms with Gasteiger partial charge in [0, 0.05) is 36.0 Å². The molecule has 0 aromatic heterocycles. The van der Waals surface area contributed by atoms with Crippen molar-refractivity contribution in [2.75, 3.05) is 49.6 Å². The smallest absolute Gasteiger partial charge is 0.243 e. The summed E-state index contributed by atoms with van der Waals surface area (Å²) < 4.78 is 32.5. The van der Waals surface area contributed by atoms with E-state index in [0.717, 1.165) is 23.1 Å². The summed E-state index contributed by atoms with van der Waals surface area (Å²) in [6.45, 7) is 6.29. The van der Waals surface area contributed by atoms with Crippen LogP contribution in [0.25, 0.3) is 0 Å². The molecule has 9 heteroatoms. The summed E-state index contributed by atoms with van der Waals surface area (Å²) in [7, 11) is -3.84. The molecule has 30 heavy (non-hydrogen) atoms. The molecule has 1 aliphatic rings. The van der Waals surface area contributed by atoms with Gasteiger partial charge in [-0.1, -0.05) is 24.6 Å². The van der Waals surface area contributed by atoms with Crippen molar-refractivity contribution < 1.29 is 17.9 Å². The van der Waals surface area contributed by atoms with Crippen LogP contribution in [-0.4, -0.2) is 58.0 Å². The van der Waals surface area contributed by atoms with Crippen molar-refractivity contribution in [1.82, 2.24) is 4.31 Å². The largest absolute Gasteiger partial charge is 0.378 e. The first-order valence-corrected chi connectivity index (χ1v) is 11.6. The fraction of sp³-hybridized carbons (Fsp3) is 0.381. The van der Waals surface area contributed by atoms with Gasteiger partial charge in [-0.3, -0.25) is 4.79 Å². The first kappa shape index (κ1) is 22.6. The Hall–Kier alpha value is -2.13. The van der Waals surface area contributed by atoms with Gasteiger partial charge < -0.3 is 15.0 Å². The van der Waals surface area contributed by atoms with Gasteiger partial charge in [-0.15, -0.1) is 0 Å². The third-order valence-electron chi connectivity index (χ3n) is 5.04. The zero-order valence-electron chi connectivity index (χ0n) is 17.1. The van der Waals surface area contributed by atoms with E-state index in [0.29, 0.717) is 29.5 Å². The molecule has 0 unspecified atom stereocenters. The topological polar surface area (TPSA) is 79.0 Å². The second-order valence-electron chi connectivity index (χ2n) is 6.99. The van der Waals surface area contributed by atoms with Crippen LogP contribution >= 0.6 is 11.6 Å². The number of morpholine rings is 1. The maximum absolute atomic E-state index is 13.0. The highest BCUT2D eigenvalue weighted by molar-refractivity contribution is 7.89. The lowest BCUT2D eigenvalue weighted by molar-refractivity contribution is -0.116. The lowest BCUT2D eigenvalue weighted by atomic mass is 10.2. The third kappa shape index (κ3) is 5.13. The quantitative estimate of drug-likeness (QED) is 0.699. The number of rotatable bonds is 7. The van der Waals surface area contributed by atoms with E-state index in [9.17, 15) is 13.2 Å². The molecule has 1 N–H and O–H groups in total. The molecular weight excluding hydrogens is 426 g/mol. The molecule has 2 aromatic rings. The van der Waals surface area contributed by atoms with Gasteiger partial charge in [0.1, 0.15) is 0 Å². The summed E-state index contributed by atoms with van der Waals surface area (Å²) >= 11 is 6.08. The lowest BCUT2D eigenvalue weighted by Crippen LogP contribution is -2.38. The summed E-state index contributed by atoms with van der Waals surface area (Å²) in [6, 6.07) is 12.2. The van der Waals surface area contributed by atoms with Gasteiger partial charge in [-0.2, -0.15) is 4.31 Å². The number of carbonyl (C=O) groups excluding carboxylic acids is 1. The average molecular weight is 452 g/mol. The number of anilines is 2. The Labute approximate surface area is 182 Å². The molecule has 1 aliphatic heterocycles. The highest BCUT2D eigenvalue weighted by Crippen LogP contribution is 2.25. The normalized spacial score (nSPS) is 14.7. The zero-order chi connectivity index (χ0) is 21.7. The Morgan fingerprint density at radius 2 is 1.83 bits per heavy atom. The third-order valence-corrected chi connectivity index (χ3v) is 7.51. The predicted octanol–water partition coefficient (Wildman–Crippen LogP) is 3.13. The first-order chi connectivity index (χ1) is 14.3. The SMILES string of the molecule is CCN(CC(=O)Nc1ccc(N2CCOCC2)cc1)S(=O)(=O)c1cccc(Cl)c1C. The summed E-state index contributed by atoms with van der Waals surface area (Å²) in [5, 5.41) is 3.14. The van der Waals surface area contributed by atoms with Crippen molar-refractivity contribution in [2.24, 2.45) is 0 Å². The number of hydrogen-bond acceptors (Lipinski definition) is 5. The van der Waals surface area contributed by atoms with Crippen LogP contribution in [0.4, 0.5) is 11.4 Å². The Morgan fingerprint density at radius 1 is 1.17 bits per heavy atom. The molecule has 0 aliphatic carbocycles. The van der Waals surface area contributed by atoms with Crippen LogP contribution in [0.5, 0.6) is 0 Å². The van der Waals surface area contributed by atoms with Gasteiger partial charge in [-0.25, -0.2) is 8.42 Å². The predicted molar refractivity (Wildman–Crippen MR) is 119 cm³/mol. The van der Waals surface area contributed by atoms with E-state index in [-0.39, 0.29) is 18.0 Å². The molecule has 1 heterocycles. The van der Waals surface area contributed by atoms with Gasteiger partial charge >= 0.3 is 0 Å². The maximum Gasteiger partial charge on any atom is 0.243 e. The van der Waals surface area contributed by atoms with E-state index in [1.807, 2.05) is 24.3 Å². The van der Waals surface area contributed by atoms with Crippen molar-refractivity contribution in [3.05, 3.63) is 53.1 Å². The number of benzene rings is 2. The fourth-order valence-electron chi connectivity index (χ4n) is 3.31. The zero-order valence-corrected chi connectivity index (χ0v) is 18.7. The maximum atomic E-state index is 13.0. The van der Waals surface area contributed by atoms with Gasteiger partial charge in [-0.05, 0) is 48.9 Å². The van der Waals surface area contributed by atoms with E-state index in [4.69, 9.17) is 16.3 Å². The van der Waals surface area contributed by atoms with E-state index in [1.54, 1.807) is 26.0 Å². The first-order valence-electron chi connectivity index (χ1n) is 9.81. The van der Waals surface area contributed by atoms with Gasteiger partial charge in [0.05, 0.1) is 24.7 Å². The van der Waals surface area contributed by atoms with Crippen LogP contribution < -0.4 is 10.2 Å². The molecule has 0 bridgehead atoms.